The van der Waals surface area contributed by atoms with E-state index in [1.165, 1.54) is 12.1 Å². The number of nitro benzene ring substituents is 1. The summed E-state index contributed by atoms with van der Waals surface area (Å²) in [5.41, 5.74) is -1.01. The molecule has 2 aliphatic heterocycles. The number of nitro groups is 1. The molecule has 0 unspecified atom stereocenters. The number of fused-ring (bicyclic) bond motifs is 2. The third-order valence-electron chi connectivity index (χ3n) is 4.83. The molecular weight excluding hydrogens is 315 g/mol. The highest BCUT2D eigenvalue weighted by Gasteiger charge is 2.43. The summed E-state index contributed by atoms with van der Waals surface area (Å²) in [6.45, 7) is 4.24. The highest BCUT2D eigenvalue weighted by atomic mass is 19.1. The lowest BCUT2D eigenvalue weighted by atomic mass is 9.97. The molecule has 3 atom stereocenters. The van der Waals surface area contributed by atoms with E-state index in [0.717, 1.165) is 31.7 Å². The zero-order valence-corrected chi connectivity index (χ0v) is 13.9. The molecule has 2 bridgehead atoms. The second kappa shape index (κ2) is 6.29. The molecule has 3 rings (SSSR count). The Morgan fingerprint density at radius 1 is 1.38 bits per heavy atom. The topological polar surface area (TPSA) is 75.8 Å². The van der Waals surface area contributed by atoms with E-state index in [-0.39, 0.29) is 17.5 Å². The summed E-state index contributed by atoms with van der Waals surface area (Å²) in [7, 11) is 0. The number of aliphatic hydroxyl groups is 1. The molecule has 1 N–H and O–H groups in total. The molecule has 0 aromatic heterocycles. The second-order valence-corrected chi connectivity index (χ2v) is 7.45. The van der Waals surface area contributed by atoms with E-state index in [1.54, 1.807) is 13.8 Å². The van der Waals surface area contributed by atoms with Gasteiger partial charge in [-0.1, -0.05) is 0 Å². The van der Waals surface area contributed by atoms with Gasteiger partial charge in [0.1, 0.15) is 6.10 Å². The van der Waals surface area contributed by atoms with E-state index in [0.29, 0.717) is 18.6 Å². The molecule has 1 aromatic carbocycles. The van der Waals surface area contributed by atoms with E-state index in [1.807, 2.05) is 0 Å². The zero-order chi connectivity index (χ0) is 17.5. The summed E-state index contributed by atoms with van der Waals surface area (Å²) in [5.74, 6) is -0.628. The Hall–Kier alpha value is -1.73. The average Bonchev–Trinajstić information content (AvgIpc) is 2.70. The Morgan fingerprint density at radius 3 is 2.50 bits per heavy atom. The number of piperidine rings is 1. The van der Waals surface area contributed by atoms with Gasteiger partial charge in [-0.25, -0.2) is 4.39 Å². The van der Waals surface area contributed by atoms with Crippen LogP contribution in [0.1, 0.15) is 39.5 Å². The van der Waals surface area contributed by atoms with Gasteiger partial charge in [0.15, 0.2) is 11.6 Å². The van der Waals surface area contributed by atoms with E-state index in [4.69, 9.17) is 4.74 Å². The number of non-ortho nitro benzene ring substituents is 1. The number of hydrogen-bond donors (Lipinski definition) is 1. The third-order valence-corrected chi connectivity index (χ3v) is 4.83. The maximum absolute atomic E-state index is 14.0. The third kappa shape index (κ3) is 3.67. The molecule has 0 saturated carbocycles. The smallest absolute Gasteiger partial charge is 0.272 e. The molecule has 7 heteroatoms. The largest absolute Gasteiger partial charge is 0.487 e. The number of benzene rings is 1. The Labute approximate surface area is 140 Å². The molecule has 0 amide bonds. The second-order valence-electron chi connectivity index (χ2n) is 7.45. The molecule has 6 nitrogen and oxygen atoms in total. The summed E-state index contributed by atoms with van der Waals surface area (Å²) in [4.78, 5) is 12.4. The van der Waals surface area contributed by atoms with Gasteiger partial charge in [-0.15, -0.1) is 0 Å². The van der Waals surface area contributed by atoms with Crippen LogP contribution in [0, 0.1) is 15.9 Å². The fourth-order valence-corrected chi connectivity index (χ4v) is 3.90. The predicted molar refractivity (Wildman–Crippen MR) is 86.5 cm³/mol. The summed E-state index contributed by atoms with van der Waals surface area (Å²) in [5, 5.41) is 20.7. The Bertz CT molecular complexity index is 618. The normalized spacial score (nSPS) is 27.2. The molecule has 2 saturated heterocycles. The van der Waals surface area contributed by atoms with Crippen LogP contribution in [0.2, 0.25) is 0 Å². The molecule has 0 aliphatic carbocycles. The van der Waals surface area contributed by atoms with E-state index in [9.17, 15) is 19.6 Å². The Kier molecular flexibility index (Phi) is 4.48. The molecular formula is C17H23FN2O4. The van der Waals surface area contributed by atoms with Crippen LogP contribution in [-0.2, 0) is 0 Å². The molecule has 1 aromatic rings. The van der Waals surface area contributed by atoms with Crippen molar-refractivity contribution in [3.8, 4) is 5.75 Å². The van der Waals surface area contributed by atoms with Crippen LogP contribution in [-0.4, -0.2) is 45.3 Å². The molecule has 0 radical (unpaired) electrons. The van der Waals surface area contributed by atoms with Crippen LogP contribution in [0.4, 0.5) is 10.1 Å². The highest BCUT2D eigenvalue weighted by Crippen LogP contribution is 2.38. The van der Waals surface area contributed by atoms with Gasteiger partial charge in [0.2, 0.25) is 0 Å². The standard InChI is InChI=1S/C17H23FN2O4/c1-17(2,21)10-19-11-3-4-12(19)8-14(7-11)24-16-6-5-13(20(22)23)9-15(16)18/h5-6,9,11-12,14,21H,3-4,7-8,10H2,1-2H3/t11-,12+,14-. The van der Waals surface area contributed by atoms with Crippen molar-refractivity contribution >= 4 is 5.69 Å². The van der Waals surface area contributed by atoms with Gasteiger partial charge in [0, 0.05) is 24.7 Å². The first-order chi connectivity index (χ1) is 11.2. The van der Waals surface area contributed by atoms with Crippen LogP contribution < -0.4 is 4.74 Å². The van der Waals surface area contributed by atoms with Crippen molar-refractivity contribution < 1.29 is 19.2 Å². The van der Waals surface area contributed by atoms with Crippen LogP contribution >= 0.6 is 0 Å². The van der Waals surface area contributed by atoms with Crippen LogP contribution in [0.25, 0.3) is 0 Å². The number of hydrogen-bond acceptors (Lipinski definition) is 5. The average molecular weight is 338 g/mol. The van der Waals surface area contributed by atoms with Crippen molar-refractivity contribution in [1.82, 2.24) is 4.90 Å². The molecule has 24 heavy (non-hydrogen) atoms. The van der Waals surface area contributed by atoms with E-state index in [2.05, 4.69) is 4.90 Å². The van der Waals surface area contributed by atoms with Crippen molar-refractivity contribution in [3.05, 3.63) is 34.1 Å². The number of ether oxygens (including phenoxy) is 1. The van der Waals surface area contributed by atoms with Crippen molar-refractivity contribution in [2.24, 2.45) is 0 Å². The van der Waals surface area contributed by atoms with Crippen LogP contribution in [0.5, 0.6) is 5.75 Å². The molecule has 2 heterocycles. The first-order valence-corrected chi connectivity index (χ1v) is 8.31. The predicted octanol–water partition coefficient (Wildman–Crippen LogP) is 2.88. The maximum Gasteiger partial charge on any atom is 0.272 e. The van der Waals surface area contributed by atoms with Crippen molar-refractivity contribution in [1.29, 1.82) is 0 Å². The highest BCUT2D eigenvalue weighted by molar-refractivity contribution is 5.37. The summed E-state index contributed by atoms with van der Waals surface area (Å²) < 4.78 is 19.8. The summed E-state index contributed by atoms with van der Waals surface area (Å²) in [6, 6.07) is 4.16. The zero-order valence-electron chi connectivity index (χ0n) is 13.9. The lowest BCUT2D eigenvalue weighted by Crippen LogP contribution is -2.51. The fourth-order valence-electron chi connectivity index (χ4n) is 3.90. The minimum Gasteiger partial charge on any atom is -0.487 e. The van der Waals surface area contributed by atoms with Gasteiger partial charge in [0.25, 0.3) is 5.69 Å². The van der Waals surface area contributed by atoms with Gasteiger partial charge in [-0.2, -0.15) is 0 Å². The van der Waals surface area contributed by atoms with Crippen molar-refractivity contribution in [2.45, 2.75) is 63.3 Å². The summed E-state index contributed by atoms with van der Waals surface area (Å²) in [6.07, 6.45) is 3.58. The maximum atomic E-state index is 14.0. The van der Waals surface area contributed by atoms with Gasteiger partial charge in [-0.3, -0.25) is 15.0 Å². The number of halogens is 1. The van der Waals surface area contributed by atoms with Crippen LogP contribution in [0.3, 0.4) is 0 Å². The first-order valence-electron chi connectivity index (χ1n) is 8.31. The summed E-state index contributed by atoms with van der Waals surface area (Å²) >= 11 is 0. The van der Waals surface area contributed by atoms with Gasteiger partial charge in [0.05, 0.1) is 16.6 Å². The minimum atomic E-state index is -0.737. The van der Waals surface area contributed by atoms with Crippen molar-refractivity contribution in [2.75, 3.05) is 6.54 Å². The van der Waals surface area contributed by atoms with Crippen LogP contribution in [0.15, 0.2) is 18.2 Å². The Balaban J connectivity index is 1.66. The van der Waals surface area contributed by atoms with Gasteiger partial charge in [-0.05, 0) is 45.6 Å². The quantitative estimate of drug-likeness (QED) is 0.660. The fraction of sp³-hybridized carbons (Fsp3) is 0.647. The molecule has 2 aliphatic rings. The minimum absolute atomic E-state index is 0.0703. The lowest BCUT2D eigenvalue weighted by molar-refractivity contribution is -0.385. The Morgan fingerprint density at radius 2 is 2.00 bits per heavy atom. The number of rotatable bonds is 5. The molecule has 0 spiro atoms. The SMILES string of the molecule is CC(C)(O)CN1[C@@H]2CC[C@H]1C[C@H](Oc1ccc([N+](=O)[O-])cc1F)C2. The first kappa shape index (κ1) is 17.1. The monoisotopic (exact) mass is 338 g/mol. The van der Waals surface area contributed by atoms with Gasteiger partial charge < -0.3 is 9.84 Å². The van der Waals surface area contributed by atoms with E-state index < -0.39 is 16.3 Å². The number of nitrogens with zero attached hydrogens (tertiary/aromatic N) is 2. The lowest BCUT2D eigenvalue weighted by Gasteiger charge is -2.41. The van der Waals surface area contributed by atoms with Gasteiger partial charge >= 0.3 is 0 Å². The molecule has 2 fully saturated rings. The van der Waals surface area contributed by atoms with E-state index >= 15 is 0 Å². The van der Waals surface area contributed by atoms with Crippen molar-refractivity contribution in [3.63, 3.8) is 0 Å². The molecule has 132 valence electrons.